The fourth-order valence-electron chi connectivity index (χ4n) is 3.71. The molecule has 3 rings (SSSR count). The van der Waals surface area contributed by atoms with E-state index in [2.05, 4.69) is 22.3 Å². The first-order valence-corrected chi connectivity index (χ1v) is 10.1. The van der Waals surface area contributed by atoms with Crippen molar-refractivity contribution >= 4 is 17.6 Å². The number of carbonyl (C=O) groups is 1. The van der Waals surface area contributed by atoms with Gasteiger partial charge in [-0.3, -0.25) is 4.90 Å². The SMILES string of the molecule is CN(CC1CCCCO1)C(=O)NC1CCN(Cc2ccc(Cl)cc2)CC1. The van der Waals surface area contributed by atoms with Crippen molar-refractivity contribution in [3.8, 4) is 0 Å². The molecule has 0 aromatic heterocycles. The minimum absolute atomic E-state index is 0.0234. The molecule has 1 atom stereocenters. The third-order valence-corrected chi connectivity index (χ3v) is 5.58. The lowest BCUT2D eigenvalue weighted by atomic mass is 10.0. The third kappa shape index (κ3) is 5.86. The Hall–Kier alpha value is -1.30. The van der Waals surface area contributed by atoms with Crippen molar-refractivity contribution in [2.45, 2.75) is 50.8 Å². The molecule has 0 aliphatic carbocycles. The molecule has 0 bridgehead atoms. The number of nitrogens with one attached hydrogen (secondary N) is 1. The summed E-state index contributed by atoms with van der Waals surface area (Å²) in [5.74, 6) is 0. The Morgan fingerprint density at radius 2 is 1.96 bits per heavy atom. The zero-order valence-electron chi connectivity index (χ0n) is 15.6. The first-order valence-electron chi connectivity index (χ1n) is 9.70. The van der Waals surface area contributed by atoms with Gasteiger partial charge in [0.2, 0.25) is 0 Å². The number of nitrogens with zero attached hydrogens (tertiary/aromatic N) is 2. The standard InChI is InChI=1S/C20H30ClN3O2/c1-23(15-19-4-2-3-13-26-19)20(25)22-18-9-11-24(12-10-18)14-16-5-7-17(21)8-6-16/h5-8,18-19H,2-4,9-15H2,1H3,(H,22,25). The fraction of sp³-hybridized carbons (Fsp3) is 0.650. The molecule has 0 saturated carbocycles. The number of hydrogen-bond acceptors (Lipinski definition) is 3. The minimum atomic E-state index is 0.0234. The summed E-state index contributed by atoms with van der Waals surface area (Å²) in [5, 5.41) is 3.96. The molecule has 0 radical (unpaired) electrons. The lowest BCUT2D eigenvalue weighted by Crippen LogP contribution is -2.49. The van der Waals surface area contributed by atoms with Crippen LogP contribution in [0.15, 0.2) is 24.3 Å². The number of rotatable bonds is 5. The Balaban J connectivity index is 1.37. The lowest BCUT2D eigenvalue weighted by Gasteiger charge is -2.34. The fourth-order valence-corrected chi connectivity index (χ4v) is 3.83. The predicted molar refractivity (Wildman–Crippen MR) is 105 cm³/mol. The Bertz CT molecular complexity index is 567. The Kier molecular flexibility index (Phi) is 7.17. The largest absolute Gasteiger partial charge is 0.376 e. The van der Waals surface area contributed by atoms with Gasteiger partial charge in [-0.25, -0.2) is 4.79 Å². The van der Waals surface area contributed by atoms with E-state index in [1.165, 1.54) is 12.0 Å². The maximum absolute atomic E-state index is 12.4. The average molecular weight is 380 g/mol. The van der Waals surface area contributed by atoms with E-state index in [4.69, 9.17) is 16.3 Å². The van der Waals surface area contributed by atoms with Crippen molar-refractivity contribution < 1.29 is 9.53 Å². The number of urea groups is 1. The Morgan fingerprint density at radius 1 is 1.23 bits per heavy atom. The summed E-state index contributed by atoms with van der Waals surface area (Å²) in [7, 11) is 1.86. The summed E-state index contributed by atoms with van der Waals surface area (Å²) in [6.45, 7) is 4.45. The number of piperidine rings is 1. The summed E-state index contributed by atoms with van der Waals surface area (Å²) in [6.07, 6.45) is 5.58. The van der Waals surface area contributed by atoms with E-state index in [0.29, 0.717) is 6.54 Å². The van der Waals surface area contributed by atoms with Gasteiger partial charge in [-0.15, -0.1) is 0 Å². The third-order valence-electron chi connectivity index (χ3n) is 5.33. The Labute approximate surface area is 161 Å². The summed E-state index contributed by atoms with van der Waals surface area (Å²) in [6, 6.07) is 8.33. The van der Waals surface area contributed by atoms with Gasteiger partial charge >= 0.3 is 6.03 Å². The number of likely N-dealkylation sites (N-methyl/N-ethyl adjacent to an activating group) is 1. The van der Waals surface area contributed by atoms with Gasteiger partial charge in [-0.1, -0.05) is 23.7 Å². The summed E-state index contributed by atoms with van der Waals surface area (Å²) in [4.78, 5) is 16.6. The van der Waals surface area contributed by atoms with Gasteiger partial charge in [-0.2, -0.15) is 0 Å². The summed E-state index contributed by atoms with van der Waals surface area (Å²) in [5.41, 5.74) is 1.28. The number of carbonyl (C=O) groups excluding carboxylic acids is 1. The van der Waals surface area contributed by atoms with Crippen LogP contribution in [-0.2, 0) is 11.3 Å². The highest BCUT2D eigenvalue weighted by Crippen LogP contribution is 2.17. The molecule has 1 aromatic carbocycles. The molecule has 1 unspecified atom stereocenters. The zero-order chi connectivity index (χ0) is 18.4. The number of likely N-dealkylation sites (tertiary alicyclic amines) is 1. The van der Waals surface area contributed by atoms with Crippen LogP contribution in [-0.4, -0.2) is 61.3 Å². The maximum atomic E-state index is 12.4. The van der Waals surface area contributed by atoms with Crippen molar-refractivity contribution in [2.75, 3.05) is 33.3 Å². The monoisotopic (exact) mass is 379 g/mol. The first kappa shape index (κ1) is 19.5. The molecule has 144 valence electrons. The lowest BCUT2D eigenvalue weighted by molar-refractivity contribution is 0.00358. The van der Waals surface area contributed by atoms with Crippen LogP contribution in [0.4, 0.5) is 4.79 Å². The van der Waals surface area contributed by atoms with Gasteiger partial charge < -0.3 is 15.0 Å². The second kappa shape index (κ2) is 9.58. The summed E-state index contributed by atoms with van der Waals surface area (Å²) >= 11 is 5.94. The molecule has 1 aromatic rings. The minimum Gasteiger partial charge on any atom is -0.376 e. The molecule has 2 aliphatic rings. The van der Waals surface area contributed by atoms with Crippen LogP contribution in [0.1, 0.15) is 37.7 Å². The number of benzene rings is 1. The van der Waals surface area contributed by atoms with Gasteiger partial charge in [0, 0.05) is 50.9 Å². The van der Waals surface area contributed by atoms with E-state index in [0.717, 1.165) is 56.9 Å². The molecule has 5 nitrogen and oxygen atoms in total. The van der Waals surface area contributed by atoms with Crippen LogP contribution in [0.5, 0.6) is 0 Å². The topological polar surface area (TPSA) is 44.8 Å². The molecule has 2 heterocycles. The van der Waals surface area contributed by atoms with Crippen LogP contribution >= 0.6 is 11.6 Å². The van der Waals surface area contributed by atoms with Crippen LogP contribution in [0, 0.1) is 0 Å². The number of ether oxygens (including phenoxy) is 1. The molecule has 2 aliphatic heterocycles. The quantitative estimate of drug-likeness (QED) is 0.851. The summed E-state index contributed by atoms with van der Waals surface area (Å²) < 4.78 is 5.73. The highest BCUT2D eigenvalue weighted by Gasteiger charge is 2.23. The molecule has 1 N–H and O–H groups in total. The molecule has 6 heteroatoms. The molecular formula is C20H30ClN3O2. The van der Waals surface area contributed by atoms with Crippen LogP contribution < -0.4 is 5.32 Å². The maximum Gasteiger partial charge on any atom is 0.317 e. The van der Waals surface area contributed by atoms with Gasteiger partial charge in [-0.05, 0) is 49.8 Å². The molecule has 26 heavy (non-hydrogen) atoms. The zero-order valence-corrected chi connectivity index (χ0v) is 16.4. The average Bonchev–Trinajstić information content (AvgIpc) is 2.66. The van der Waals surface area contributed by atoms with Crippen molar-refractivity contribution in [1.29, 1.82) is 0 Å². The molecule has 0 spiro atoms. The van der Waals surface area contributed by atoms with Gasteiger partial charge in [0.25, 0.3) is 0 Å². The predicted octanol–water partition coefficient (Wildman–Crippen LogP) is 3.51. The van der Waals surface area contributed by atoms with Crippen molar-refractivity contribution in [1.82, 2.24) is 15.1 Å². The first-order chi connectivity index (χ1) is 12.6. The number of halogens is 1. The van der Waals surface area contributed by atoms with Gasteiger partial charge in [0.05, 0.1) is 6.10 Å². The normalized spacial score (nSPS) is 22.2. The number of amides is 2. The molecular weight excluding hydrogens is 350 g/mol. The second-order valence-corrected chi connectivity index (χ2v) is 7.93. The highest BCUT2D eigenvalue weighted by molar-refractivity contribution is 6.30. The van der Waals surface area contributed by atoms with E-state index >= 15 is 0 Å². The van der Waals surface area contributed by atoms with Crippen LogP contribution in [0.3, 0.4) is 0 Å². The van der Waals surface area contributed by atoms with E-state index < -0.39 is 0 Å². The smallest absolute Gasteiger partial charge is 0.317 e. The van der Waals surface area contributed by atoms with E-state index in [1.54, 1.807) is 4.90 Å². The van der Waals surface area contributed by atoms with E-state index in [1.807, 2.05) is 19.2 Å². The number of hydrogen-bond donors (Lipinski definition) is 1. The van der Waals surface area contributed by atoms with Gasteiger partial charge in [0.1, 0.15) is 0 Å². The second-order valence-electron chi connectivity index (χ2n) is 7.50. The molecule has 2 saturated heterocycles. The van der Waals surface area contributed by atoms with Gasteiger partial charge in [0.15, 0.2) is 0 Å². The van der Waals surface area contributed by atoms with Crippen molar-refractivity contribution in [3.05, 3.63) is 34.9 Å². The van der Waals surface area contributed by atoms with E-state index in [-0.39, 0.29) is 18.2 Å². The van der Waals surface area contributed by atoms with Crippen LogP contribution in [0.25, 0.3) is 0 Å². The van der Waals surface area contributed by atoms with E-state index in [9.17, 15) is 4.79 Å². The van der Waals surface area contributed by atoms with Crippen LogP contribution in [0.2, 0.25) is 5.02 Å². The van der Waals surface area contributed by atoms with Crippen molar-refractivity contribution in [2.24, 2.45) is 0 Å². The Morgan fingerprint density at radius 3 is 2.62 bits per heavy atom. The molecule has 2 fully saturated rings. The molecule has 2 amide bonds. The van der Waals surface area contributed by atoms with Crippen molar-refractivity contribution in [3.63, 3.8) is 0 Å². The highest BCUT2D eigenvalue weighted by atomic mass is 35.5.